The molecule has 1 radical (unpaired) electrons. The third kappa shape index (κ3) is 2.22. The molecule has 0 fully saturated rings. The normalized spacial score (nSPS) is 9.86. The number of nitrogens with zero attached hydrogens (tertiary/aromatic N) is 2. The Hall–Kier alpha value is -1.58. The Morgan fingerprint density at radius 1 is 1.43 bits per heavy atom. The Morgan fingerprint density at radius 3 is 2.57 bits per heavy atom. The molecule has 0 aliphatic heterocycles. The molecule has 75 valence electrons. The molecular weight excluding hydrogens is 180 g/mol. The summed E-state index contributed by atoms with van der Waals surface area (Å²) in [4.78, 5) is 12.2. The number of hydrogen-bond donors (Lipinski definition) is 0. The van der Waals surface area contributed by atoms with Crippen molar-refractivity contribution < 1.29 is 4.92 Å². The number of non-ortho nitro benzene ring substituents is 1. The van der Waals surface area contributed by atoms with Crippen LogP contribution < -0.4 is 4.90 Å². The van der Waals surface area contributed by atoms with Crippen molar-refractivity contribution in [3.05, 3.63) is 34.4 Å². The lowest BCUT2D eigenvalue weighted by molar-refractivity contribution is -0.384. The molecule has 0 heterocycles. The van der Waals surface area contributed by atoms with Crippen LogP contribution in [0.5, 0.6) is 0 Å². The largest absolute Gasteiger partial charge is 0.372 e. The van der Waals surface area contributed by atoms with Crippen LogP contribution in [0.4, 0.5) is 11.4 Å². The summed E-state index contributed by atoms with van der Waals surface area (Å²) in [5.41, 5.74) is 0.943. The number of hydrogen-bond acceptors (Lipinski definition) is 3. The van der Waals surface area contributed by atoms with Gasteiger partial charge in [-0.2, -0.15) is 0 Å². The first-order valence-electron chi connectivity index (χ1n) is 4.59. The Bertz CT molecular complexity index is 322. The van der Waals surface area contributed by atoms with Crippen molar-refractivity contribution in [2.45, 2.75) is 13.8 Å². The summed E-state index contributed by atoms with van der Waals surface area (Å²) < 4.78 is 0. The first-order valence-corrected chi connectivity index (χ1v) is 4.59. The maximum atomic E-state index is 10.5. The third-order valence-electron chi connectivity index (χ3n) is 2.10. The van der Waals surface area contributed by atoms with E-state index in [4.69, 9.17) is 0 Å². The second kappa shape index (κ2) is 4.60. The highest BCUT2D eigenvalue weighted by atomic mass is 16.6. The molecule has 4 heteroatoms. The highest BCUT2D eigenvalue weighted by Gasteiger charge is 2.08. The molecular formula is C10H13N2O2. The molecule has 14 heavy (non-hydrogen) atoms. The monoisotopic (exact) mass is 193 g/mol. The fourth-order valence-corrected chi connectivity index (χ4v) is 1.32. The predicted octanol–water partition coefficient (Wildman–Crippen LogP) is 2.24. The third-order valence-corrected chi connectivity index (χ3v) is 2.10. The molecule has 1 rings (SSSR count). The van der Waals surface area contributed by atoms with Gasteiger partial charge in [0, 0.05) is 30.9 Å². The van der Waals surface area contributed by atoms with E-state index in [1.165, 1.54) is 6.07 Å². The van der Waals surface area contributed by atoms with Crippen molar-refractivity contribution in [1.82, 2.24) is 0 Å². The van der Waals surface area contributed by atoms with E-state index < -0.39 is 4.92 Å². The fourth-order valence-electron chi connectivity index (χ4n) is 1.32. The maximum absolute atomic E-state index is 10.5. The SMILES string of the molecule is CCN(CC)c1c[c]cc([N+](=O)[O-])c1. The van der Waals surface area contributed by atoms with Crippen molar-refractivity contribution in [1.29, 1.82) is 0 Å². The summed E-state index contributed by atoms with van der Waals surface area (Å²) in [7, 11) is 0. The Morgan fingerprint density at radius 2 is 2.07 bits per heavy atom. The minimum Gasteiger partial charge on any atom is -0.372 e. The summed E-state index contributed by atoms with van der Waals surface area (Å²) in [5.74, 6) is 0. The van der Waals surface area contributed by atoms with E-state index in [-0.39, 0.29) is 5.69 Å². The summed E-state index contributed by atoms with van der Waals surface area (Å²) in [6.45, 7) is 5.71. The Balaban J connectivity index is 2.98. The van der Waals surface area contributed by atoms with Gasteiger partial charge in [-0.15, -0.1) is 0 Å². The molecule has 0 aromatic heterocycles. The molecule has 0 spiro atoms. The number of nitro groups is 1. The van der Waals surface area contributed by atoms with E-state index >= 15 is 0 Å². The van der Waals surface area contributed by atoms with Crippen molar-refractivity contribution in [2.24, 2.45) is 0 Å². The van der Waals surface area contributed by atoms with Gasteiger partial charge >= 0.3 is 0 Å². The molecule has 1 aromatic rings. The molecule has 0 atom stereocenters. The van der Waals surface area contributed by atoms with Gasteiger partial charge in [0.2, 0.25) is 0 Å². The van der Waals surface area contributed by atoms with Crippen LogP contribution in [0.1, 0.15) is 13.8 Å². The van der Waals surface area contributed by atoms with Gasteiger partial charge in [-0.1, -0.05) is 0 Å². The van der Waals surface area contributed by atoms with E-state index in [0.717, 1.165) is 18.8 Å². The second-order valence-electron chi connectivity index (χ2n) is 2.88. The van der Waals surface area contributed by atoms with E-state index in [0.29, 0.717) is 0 Å². The predicted molar refractivity (Wildman–Crippen MR) is 55.5 cm³/mol. The van der Waals surface area contributed by atoms with Gasteiger partial charge in [0.1, 0.15) is 0 Å². The van der Waals surface area contributed by atoms with E-state index in [1.54, 1.807) is 12.1 Å². The topological polar surface area (TPSA) is 46.4 Å². The molecule has 0 aliphatic carbocycles. The molecule has 0 amide bonds. The zero-order chi connectivity index (χ0) is 10.6. The molecule has 0 aliphatic rings. The first-order chi connectivity index (χ1) is 6.69. The standard InChI is InChI=1S/C10H13N2O2/c1-3-11(4-2)9-6-5-7-10(8-9)12(13)14/h6-8H,3-4H2,1-2H3. The average molecular weight is 193 g/mol. The molecule has 0 saturated heterocycles. The van der Waals surface area contributed by atoms with Crippen LogP contribution in [-0.4, -0.2) is 18.0 Å². The fraction of sp³-hybridized carbons (Fsp3) is 0.400. The zero-order valence-electron chi connectivity index (χ0n) is 8.36. The van der Waals surface area contributed by atoms with Gasteiger partial charge in [-0.3, -0.25) is 10.1 Å². The van der Waals surface area contributed by atoms with Crippen LogP contribution in [0.25, 0.3) is 0 Å². The van der Waals surface area contributed by atoms with E-state index in [1.807, 2.05) is 18.7 Å². The highest BCUT2D eigenvalue weighted by Crippen LogP contribution is 2.20. The molecule has 1 aromatic carbocycles. The Kier molecular flexibility index (Phi) is 3.45. The van der Waals surface area contributed by atoms with Gasteiger partial charge in [0.05, 0.1) is 4.92 Å². The van der Waals surface area contributed by atoms with Crippen molar-refractivity contribution in [3.63, 3.8) is 0 Å². The van der Waals surface area contributed by atoms with Gasteiger partial charge in [0.25, 0.3) is 5.69 Å². The van der Waals surface area contributed by atoms with Gasteiger partial charge < -0.3 is 4.90 Å². The minimum atomic E-state index is -0.399. The van der Waals surface area contributed by atoms with Crippen molar-refractivity contribution in [2.75, 3.05) is 18.0 Å². The van der Waals surface area contributed by atoms with Gasteiger partial charge in [-0.05, 0) is 26.0 Å². The molecule has 0 saturated carbocycles. The highest BCUT2D eigenvalue weighted by molar-refractivity contribution is 5.52. The smallest absolute Gasteiger partial charge is 0.272 e. The summed E-state index contributed by atoms with van der Waals surface area (Å²) in [5, 5.41) is 10.5. The van der Waals surface area contributed by atoms with Crippen molar-refractivity contribution in [3.8, 4) is 0 Å². The van der Waals surface area contributed by atoms with Crippen LogP contribution in [0, 0.1) is 16.2 Å². The molecule has 0 unspecified atom stereocenters. The Labute approximate surface area is 83.3 Å². The first kappa shape index (κ1) is 10.5. The number of benzene rings is 1. The van der Waals surface area contributed by atoms with Crippen LogP contribution in [0.3, 0.4) is 0 Å². The number of anilines is 1. The summed E-state index contributed by atoms with van der Waals surface area (Å²) in [6, 6.07) is 7.50. The molecule has 0 N–H and O–H groups in total. The quantitative estimate of drug-likeness (QED) is 0.544. The van der Waals surface area contributed by atoms with Gasteiger partial charge in [0.15, 0.2) is 0 Å². The maximum Gasteiger partial charge on any atom is 0.272 e. The van der Waals surface area contributed by atoms with E-state index in [2.05, 4.69) is 6.07 Å². The zero-order valence-corrected chi connectivity index (χ0v) is 8.36. The van der Waals surface area contributed by atoms with Crippen molar-refractivity contribution >= 4 is 11.4 Å². The van der Waals surface area contributed by atoms with Crippen LogP contribution in [-0.2, 0) is 0 Å². The minimum absolute atomic E-state index is 0.0920. The lowest BCUT2D eigenvalue weighted by atomic mass is 10.2. The van der Waals surface area contributed by atoms with E-state index in [9.17, 15) is 10.1 Å². The lowest BCUT2D eigenvalue weighted by Crippen LogP contribution is -2.21. The van der Waals surface area contributed by atoms with Crippen LogP contribution in [0.2, 0.25) is 0 Å². The lowest BCUT2D eigenvalue weighted by Gasteiger charge is -2.20. The summed E-state index contributed by atoms with van der Waals surface area (Å²) in [6.07, 6.45) is 0. The molecule has 0 bridgehead atoms. The molecule has 4 nitrogen and oxygen atoms in total. The number of rotatable bonds is 4. The van der Waals surface area contributed by atoms with Crippen LogP contribution in [0.15, 0.2) is 18.2 Å². The average Bonchev–Trinajstić information content (AvgIpc) is 2.20. The second-order valence-corrected chi connectivity index (χ2v) is 2.88. The number of nitro benzene ring substituents is 1. The summed E-state index contributed by atoms with van der Waals surface area (Å²) >= 11 is 0. The van der Waals surface area contributed by atoms with Gasteiger partial charge in [-0.25, -0.2) is 0 Å². The van der Waals surface area contributed by atoms with Crippen LogP contribution >= 0.6 is 0 Å².